The molecule has 2 rings (SSSR count). The molecule has 1 fully saturated rings. The van der Waals surface area contributed by atoms with Crippen LogP contribution >= 0.6 is 27.3 Å². The van der Waals surface area contributed by atoms with Crippen molar-refractivity contribution in [2.45, 2.75) is 25.9 Å². The Hall–Kier alpha value is -0.590. The van der Waals surface area contributed by atoms with Gasteiger partial charge in [0.1, 0.15) is 4.88 Å². The molecule has 100 valence electrons. The van der Waals surface area contributed by atoms with Crippen LogP contribution in [0.2, 0.25) is 0 Å². The molecule has 1 aliphatic heterocycles. The highest BCUT2D eigenvalue weighted by atomic mass is 79.9. The lowest BCUT2D eigenvalue weighted by atomic mass is 10.1. The van der Waals surface area contributed by atoms with Gasteiger partial charge >= 0.3 is 0 Å². The van der Waals surface area contributed by atoms with Crippen LogP contribution in [0.5, 0.6) is 5.75 Å². The third-order valence-corrected chi connectivity index (χ3v) is 5.41. The highest BCUT2D eigenvalue weighted by Crippen LogP contribution is 2.39. The molecule has 2 heterocycles. The molecule has 0 saturated carbocycles. The number of nitrogens with zero attached hydrogens (tertiary/aromatic N) is 1. The first-order chi connectivity index (χ1) is 8.54. The van der Waals surface area contributed by atoms with Crippen molar-refractivity contribution in [1.82, 2.24) is 4.90 Å². The highest BCUT2D eigenvalue weighted by molar-refractivity contribution is 9.10. The lowest BCUT2D eigenvalue weighted by Crippen LogP contribution is -2.39. The summed E-state index contributed by atoms with van der Waals surface area (Å²) in [5.74, 6) is 0.617. The van der Waals surface area contributed by atoms with Gasteiger partial charge in [-0.1, -0.05) is 0 Å². The summed E-state index contributed by atoms with van der Waals surface area (Å²) in [6, 6.07) is 0. The number of aliphatic hydroxyl groups is 1. The third-order valence-electron chi connectivity index (χ3n) is 3.12. The number of hydrogen-bond donors (Lipinski definition) is 1. The van der Waals surface area contributed by atoms with Gasteiger partial charge in [-0.15, -0.1) is 11.3 Å². The first-order valence-corrected chi connectivity index (χ1v) is 7.45. The Balaban J connectivity index is 2.21. The van der Waals surface area contributed by atoms with Crippen molar-refractivity contribution in [2.24, 2.45) is 0 Å². The van der Waals surface area contributed by atoms with E-state index in [1.54, 1.807) is 12.0 Å². The van der Waals surface area contributed by atoms with Gasteiger partial charge in [0, 0.05) is 18.0 Å². The summed E-state index contributed by atoms with van der Waals surface area (Å²) < 4.78 is 6.15. The van der Waals surface area contributed by atoms with E-state index in [9.17, 15) is 9.90 Å². The third kappa shape index (κ3) is 2.55. The molecule has 0 spiro atoms. The Morgan fingerprint density at radius 3 is 2.67 bits per heavy atom. The fourth-order valence-electron chi connectivity index (χ4n) is 2.04. The van der Waals surface area contributed by atoms with Crippen molar-refractivity contribution in [2.75, 3.05) is 20.2 Å². The number of amides is 1. The van der Waals surface area contributed by atoms with Crippen molar-refractivity contribution in [3.8, 4) is 5.75 Å². The maximum atomic E-state index is 12.4. The van der Waals surface area contributed by atoms with E-state index in [1.807, 2.05) is 6.92 Å². The molecule has 1 aromatic rings. The number of hydrogen-bond acceptors (Lipinski definition) is 4. The number of thiophene rings is 1. The van der Waals surface area contributed by atoms with Crippen LogP contribution in [0.1, 0.15) is 27.4 Å². The number of piperidine rings is 1. The molecular formula is C12H16BrNO3S. The summed E-state index contributed by atoms with van der Waals surface area (Å²) in [6.45, 7) is 3.17. The molecule has 1 N–H and O–H groups in total. The number of halogens is 1. The van der Waals surface area contributed by atoms with E-state index < -0.39 is 0 Å². The summed E-state index contributed by atoms with van der Waals surface area (Å²) in [6.07, 6.45) is 1.03. The SMILES string of the molecule is COc1c(C(=O)N2CCC(O)CC2)sc(C)c1Br. The van der Waals surface area contributed by atoms with Gasteiger partial charge in [-0.3, -0.25) is 4.79 Å². The lowest BCUT2D eigenvalue weighted by molar-refractivity contribution is 0.0548. The minimum Gasteiger partial charge on any atom is -0.494 e. The minimum atomic E-state index is -0.271. The standard InChI is InChI=1S/C12H16BrNO3S/c1-7-9(13)10(17-2)11(18-7)12(16)14-5-3-8(15)4-6-14/h8,15H,3-6H2,1-2H3. The Labute approximate surface area is 119 Å². The van der Waals surface area contributed by atoms with E-state index in [2.05, 4.69) is 15.9 Å². The van der Waals surface area contributed by atoms with Crippen molar-refractivity contribution in [1.29, 1.82) is 0 Å². The molecule has 0 unspecified atom stereocenters. The van der Waals surface area contributed by atoms with Crippen molar-refractivity contribution in [3.05, 3.63) is 14.2 Å². The summed E-state index contributed by atoms with van der Waals surface area (Å²) in [4.78, 5) is 15.9. The zero-order chi connectivity index (χ0) is 13.3. The fourth-order valence-corrected chi connectivity index (χ4v) is 3.76. The maximum absolute atomic E-state index is 12.4. The van der Waals surface area contributed by atoms with Crippen molar-refractivity contribution in [3.63, 3.8) is 0 Å². The number of likely N-dealkylation sites (tertiary alicyclic amines) is 1. The molecule has 18 heavy (non-hydrogen) atoms. The zero-order valence-corrected chi connectivity index (χ0v) is 12.8. The molecule has 4 nitrogen and oxygen atoms in total. The highest BCUT2D eigenvalue weighted by Gasteiger charge is 2.27. The van der Waals surface area contributed by atoms with E-state index in [-0.39, 0.29) is 12.0 Å². The second kappa shape index (κ2) is 5.59. The predicted molar refractivity (Wildman–Crippen MR) is 74.5 cm³/mol. The molecule has 0 radical (unpaired) electrons. The van der Waals surface area contributed by atoms with Gasteiger partial charge in [-0.2, -0.15) is 0 Å². The van der Waals surface area contributed by atoms with Crippen LogP contribution in [0.25, 0.3) is 0 Å². The Morgan fingerprint density at radius 2 is 2.11 bits per heavy atom. The summed E-state index contributed by atoms with van der Waals surface area (Å²) in [7, 11) is 1.57. The van der Waals surface area contributed by atoms with E-state index >= 15 is 0 Å². The van der Waals surface area contributed by atoms with Crippen molar-refractivity contribution >= 4 is 33.2 Å². The van der Waals surface area contributed by atoms with Gasteiger partial charge < -0.3 is 14.7 Å². The van der Waals surface area contributed by atoms with E-state index in [0.29, 0.717) is 36.6 Å². The second-order valence-electron chi connectivity index (χ2n) is 4.36. The van der Waals surface area contributed by atoms with E-state index in [1.165, 1.54) is 11.3 Å². The quantitative estimate of drug-likeness (QED) is 0.904. The first kappa shape index (κ1) is 13.8. The molecule has 1 amide bonds. The summed E-state index contributed by atoms with van der Waals surface area (Å²) in [5.41, 5.74) is 0. The lowest BCUT2D eigenvalue weighted by Gasteiger charge is -2.29. The van der Waals surface area contributed by atoms with E-state index in [4.69, 9.17) is 4.74 Å². The first-order valence-electron chi connectivity index (χ1n) is 5.84. The van der Waals surface area contributed by atoms with Crippen LogP contribution in [0, 0.1) is 6.92 Å². The number of methoxy groups -OCH3 is 1. The second-order valence-corrected chi connectivity index (χ2v) is 6.38. The average molecular weight is 334 g/mol. The maximum Gasteiger partial charge on any atom is 0.267 e. The van der Waals surface area contributed by atoms with Gasteiger partial charge in [0.25, 0.3) is 5.91 Å². The largest absolute Gasteiger partial charge is 0.494 e. The zero-order valence-electron chi connectivity index (χ0n) is 10.4. The summed E-state index contributed by atoms with van der Waals surface area (Å²) >= 11 is 4.88. The van der Waals surface area contributed by atoms with Gasteiger partial charge in [0.15, 0.2) is 5.75 Å². The molecule has 1 saturated heterocycles. The van der Waals surface area contributed by atoms with Gasteiger partial charge in [0.2, 0.25) is 0 Å². The van der Waals surface area contributed by atoms with Crippen LogP contribution < -0.4 is 4.74 Å². The number of aryl methyl sites for hydroxylation is 1. The monoisotopic (exact) mass is 333 g/mol. The van der Waals surface area contributed by atoms with Crippen LogP contribution in [-0.2, 0) is 0 Å². The number of rotatable bonds is 2. The molecule has 1 aromatic heterocycles. The Bertz CT molecular complexity index is 452. The number of ether oxygens (including phenoxy) is 1. The van der Waals surface area contributed by atoms with Crippen molar-refractivity contribution < 1.29 is 14.6 Å². The Morgan fingerprint density at radius 1 is 1.50 bits per heavy atom. The Kier molecular flexibility index (Phi) is 4.29. The minimum absolute atomic E-state index is 0.00227. The van der Waals surface area contributed by atoms with Crippen LogP contribution in [0.3, 0.4) is 0 Å². The summed E-state index contributed by atoms with van der Waals surface area (Å²) in [5, 5.41) is 9.46. The van der Waals surface area contributed by atoms with Crippen LogP contribution in [0.4, 0.5) is 0 Å². The number of carbonyl (C=O) groups is 1. The molecular weight excluding hydrogens is 318 g/mol. The smallest absolute Gasteiger partial charge is 0.267 e. The fraction of sp³-hybridized carbons (Fsp3) is 0.583. The van der Waals surface area contributed by atoms with Crippen LogP contribution in [0.15, 0.2) is 4.47 Å². The number of aliphatic hydroxyl groups excluding tert-OH is 1. The van der Waals surface area contributed by atoms with E-state index in [0.717, 1.165) is 9.35 Å². The average Bonchev–Trinajstić information content (AvgIpc) is 2.65. The molecule has 0 bridgehead atoms. The molecule has 0 atom stereocenters. The molecule has 1 aliphatic rings. The molecule has 6 heteroatoms. The molecule has 0 aromatic carbocycles. The number of carbonyl (C=O) groups excluding carboxylic acids is 1. The topological polar surface area (TPSA) is 49.8 Å². The van der Waals surface area contributed by atoms with Gasteiger partial charge in [0.05, 0.1) is 17.7 Å². The predicted octanol–water partition coefficient (Wildman–Crippen LogP) is 2.42. The van der Waals surface area contributed by atoms with Crippen LogP contribution in [-0.4, -0.2) is 42.2 Å². The van der Waals surface area contributed by atoms with Gasteiger partial charge in [-0.25, -0.2) is 0 Å². The molecule has 0 aliphatic carbocycles. The normalized spacial score (nSPS) is 17.0. The van der Waals surface area contributed by atoms with Gasteiger partial charge in [-0.05, 0) is 35.7 Å².